The number of esters is 1. The minimum Gasteiger partial charge on any atom is -0.480 e. The first-order valence-corrected chi connectivity index (χ1v) is 9.01. The highest BCUT2D eigenvalue weighted by Gasteiger charge is 2.36. The molecule has 2 unspecified atom stereocenters. The topological polar surface area (TPSA) is 119 Å². The molecule has 1 amide bonds. The van der Waals surface area contributed by atoms with E-state index in [4.69, 9.17) is 15.6 Å². The Hall–Kier alpha value is -1.90. The maximum absolute atomic E-state index is 13.0. The highest BCUT2D eigenvalue weighted by atomic mass is 19.1. The summed E-state index contributed by atoms with van der Waals surface area (Å²) in [4.78, 5) is 34.6. The predicted octanol–water partition coefficient (Wildman–Crippen LogP) is 2.49. The monoisotopic (exact) mass is 392 g/mol. The molecular formula is C18H33FN2O6. The van der Waals surface area contributed by atoms with Gasteiger partial charge >= 0.3 is 18.0 Å². The molecule has 27 heavy (non-hydrogen) atoms. The van der Waals surface area contributed by atoms with Crippen molar-refractivity contribution < 1.29 is 33.4 Å². The van der Waals surface area contributed by atoms with E-state index in [2.05, 4.69) is 4.74 Å². The molecule has 8 nitrogen and oxygen atoms in total. The van der Waals surface area contributed by atoms with E-state index in [1.807, 2.05) is 0 Å². The number of halogens is 1. The van der Waals surface area contributed by atoms with E-state index >= 15 is 0 Å². The molecule has 1 rings (SSSR count). The summed E-state index contributed by atoms with van der Waals surface area (Å²) in [6.07, 6.45) is 0.684. The number of carbonyl (C=O) groups is 3. The second-order valence-electron chi connectivity index (χ2n) is 7.95. The largest absolute Gasteiger partial charge is 0.480 e. The number of aliphatic carboxylic acids is 1. The summed E-state index contributed by atoms with van der Waals surface area (Å²) in [5.41, 5.74) is 3.37. The fourth-order valence-corrected chi connectivity index (χ4v) is 2.42. The normalized spacial score (nSPS) is 18.2. The molecule has 1 saturated heterocycles. The summed E-state index contributed by atoms with van der Waals surface area (Å²) in [7, 11) is 0. The molecule has 1 aliphatic rings. The van der Waals surface area contributed by atoms with Crippen molar-refractivity contribution in [2.45, 2.75) is 84.2 Å². The number of rotatable bonds is 5. The fourth-order valence-electron chi connectivity index (χ4n) is 2.42. The maximum atomic E-state index is 13.0. The van der Waals surface area contributed by atoms with Gasteiger partial charge in [0.05, 0.1) is 6.61 Å². The van der Waals surface area contributed by atoms with Gasteiger partial charge in [0, 0.05) is 13.0 Å². The lowest BCUT2D eigenvalue weighted by Crippen LogP contribution is -2.43. The fraction of sp³-hybridized carbons (Fsp3) is 0.833. The van der Waals surface area contributed by atoms with Crippen LogP contribution in [0.3, 0.4) is 0 Å². The van der Waals surface area contributed by atoms with E-state index in [1.54, 1.807) is 27.7 Å². The van der Waals surface area contributed by atoms with E-state index in [-0.39, 0.29) is 13.0 Å². The molecular weight excluding hydrogens is 359 g/mol. The zero-order valence-corrected chi connectivity index (χ0v) is 17.1. The van der Waals surface area contributed by atoms with E-state index in [1.165, 1.54) is 18.7 Å². The van der Waals surface area contributed by atoms with Crippen molar-refractivity contribution in [3.63, 3.8) is 0 Å². The predicted molar refractivity (Wildman–Crippen MR) is 98.0 cm³/mol. The Morgan fingerprint density at radius 3 is 2.22 bits per heavy atom. The summed E-state index contributed by atoms with van der Waals surface area (Å²) >= 11 is 0. The van der Waals surface area contributed by atoms with Crippen molar-refractivity contribution in [2.75, 3.05) is 13.2 Å². The summed E-state index contributed by atoms with van der Waals surface area (Å²) in [6.45, 7) is 10.5. The molecule has 9 heteroatoms. The number of nitrogens with zero attached hydrogens (tertiary/aromatic N) is 1. The third-order valence-corrected chi connectivity index (χ3v) is 3.46. The third kappa shape index (κ3) is 10.7. The number of hydrogen-bond donors (Lipinski definition) is 2. The van der Waals surface area contributed by atoms with Gasteiger partial charge in [-0.2, -0.15) is 0 Å². The average molecular weight is 392 g/mol. The second-order valence-corrected chi connectivity index (χ2v) is 7.95. The van der Waals surface area contributed by atoms with E-state index in [0.717, 1.165) is 6.42 Å². The van der Waals surface area contributed by atoms with Gasteiger partial charge in [-0.1, -0.05) is 0 Å². The molecule has 0 saturated carbocycles. The first-order valence-electron chi connectivity index (χ1n) is 9.01. The van der Waals surface area contributed by atoms with Gasteiger partial charge in [0.25, 0.3) is 0 Å². The van der Waals surface area contributed by atoms with Crippen LogP contribution >= 0.6 is 0 Å². The van der Waals surface area contributed by atoms with Crippen LogP contribution in [0.4, 0.5) is 9.18 Å². The van der Waals surface area contributed by atoms with Crippen molar-refractivity contribution >= 4 is 18.0 Å². The molecule has 3 N–H and O–H groups in total. The highest BCUT2D eigenvalue weighted by molar-refractivity contribution is 5.80. The van der Waals surface area contributed by atoms with Gasteiger partial charge in [-0.25, -0.2) is 14.0 Å². The van der Waals surface area contributed by atoms with Crippen molar-refractivity contribution in [3.05, 3.63) is 0 Å². The Morgan fingerprint density at radius 2 is 1.81 bits per heavy atom. The number of alkyl halides is 1. The number of carbonyl (C=O) groups excluding carboxylic acids is 2. The van der Waals surface area contributed by atoms with Crippen molar-refractivity contribution in [1.29, 1.82) is 0 Å². The smallest absolute Gasteiger partial charge is 0.411 e. The van der Waals surface area contributed by atoms with Crippen LogP contribution < -0.4 is 5.73 Å². The molecule has 0 aromatic rings. The molecule has 158 valence electrons. The summed E-state index contributed by atoms with van der Waals surface area (Å²) in [5.74, 6) is -1.50. The molecule has 0 radical (unpaired) electrons. The molecule has 2 atom stereocenters. The SMILES string of the molecule is CC(C)(C)OC(=O)N1CCCC1C(=O)O.CCOC(=O)C(N)CC(C)(C)F. The zero-order chi connectivity index (χ0) is 21.4. The minimum atomic E-state index is -1.42. The molecule has 1 fully saturated rings. The Kier molecular flexibility index (Phi) is 9.70. The van der Waals surface area contributed by atoms with E-state index in [0.29, 0.717) is 13.0 Å². The second kappa shape index (κ2) is 10.4. The molecule has 0 aliphatic carbocycles. The summed E-state index contributed by atoms with van der Waals surface area (Å²) in [6, 6.07) is -1.58. The minimum absolute atomic E-state index is 0.00810. The van der Waals surface area contributed by atoms with Crippen LogP contribution in [-0.2, 0) is 19.1 Å². The van der Waals surface area contributed by atoms with Crippen LogP contribution in [0, 0.1) is 0 Å². The summed E-state index contributed by atoms with van der Waals surface area (Å²) in [5, 5.41) is 8.88. The Labute approximate surface area is 160 Å². The lowest BCUT2D eigenvalue weighted by molar-refractivity contribution is -0.145. The number of amides is 1. The molecule has 1 aliphatic heterocycles. The third-order valence-electron chi connectivity index (χ3n) is 3.46. The first-order chi connectivity index (χ1) is 12.2. The number of carboxylic acid groups (broad SMARTS) is 1. The van der Waals surface area contributed by atoms with E-state index in [9.17, 15) is 18.8 Å². The molecule has 1 heterocycles. The van der Waals surface area contributed by atoms with E-state index < -0.39 is 41.4 Å². The van der Waals surface area contributed by atoms with Crippen molar-refractivity contribution in [3.8, 4) is 0 Å². The maximum Gasteiger partial charge on any atom is 0.411 e. The van der Waals surface area contributed by atoms with Crippen molar-refractivity contribution in [2.24, 2.45) is 5.73 Å². The molecule has 0 aromatic heterocycles. The quantitative estimate of drug-likeness (QED) is 0.690. The van der Waals surface area contributed by atoms with Crippen LogP contribution in [-0.4, -0.2) is 64.5 Å². The molecule has 0 bridgehead atoms. The van der Waals surface area contributed by atoms with Crippen LogP contribution in [0.15, 0.2) is 0 Å². The van der Waals surface area contributed by atoms with Gasteiger partial charge in [0.1, 0.15) is 23.4 Å². The lowest BCUT2D eigenvalue weighted by atomic mass is 10.0. The molecule has 0 aromatic carbocycles. The van der Waals surface area contributed by atoms with Gasteiger partial charge in [-0.05, 0) is 54.4 Å². The van der Waals surface area contributed by atoms with Crippen LogP contribution in [0.2, 0.25) is 0 Å². The number of ether oxygens (including phenoxy) is 2. The van der Waals surface area contributed by atoms with Crippen LogP contribution in [0.5, 0.6) is 0 Å². The van der Waals surface area contributed by atoms with Crippen molar-refractivity contribution in [1.82, 2.24) is 4.90 Å². The first kappa shape index (κ1) is 25.1. The number of likely N-dealkylation sites (tertiary alicyclic amines) is 1. The number of hydrogen-bond acceptors (Lipinski definition) is 6. The Balaban J connectivity index is 0.000000516. The summed E-state index contributed by atoms with van der Waals surface area (Å²) < 4.78 is 22.7. The van der Waals surface area contributed by atoms with Gasteiger partial charge in [0.2, 0.25) is 0 Å². The van der Waals surface area contributed by atoms with Gasteiger partial charge in [-0.3, -0.25) is 9.69 Å². The van der Waals surface area contributed by atoms with Gasteiger partial charge in [0.15, 0.2) is 0 Å². The number of nitrogens with two attached hydrogens (primary N) is 1. The number of carboxylic acids is 1. The Bertz CT molecular complexity index is 513. The van der Waals surface area contributed by atoms with Gasteiger partial charge < -0.3 is 20.3 Å². The average Bonchev–Trinajstić information content (AvgIpc) is 2.94. The molecule has 0 spiro atoms. The standard InChI is InChI=1S/C10H17NO4.C8H16FNO2/c1-10(2,3)15-9(14)11-6-4-5-7(11)8(12)13;1-4-12-7(11)6(10)5-8(2,3)9/h7H,4-6H2,1-3H3,(H,12,13);6H,4-5,10H2,1-3H3. The van der Waals surface area contributed by atoms with Crippen LogP contribution in [0.25, 0.3) is 0 Å². The van der Waals surface area contributed by atoms with Gasteiger partial charge in [-0.15, -0.1) is 0 Å². The zero-order valence-electron chi connectivity index (χ0n) is 17.1. The Morgan fingerprint density at radius 1 is 1.26 bits per heavy atom. The highest BCUT2D eigenvalue weighted by Crippen LogP contribution is 2.20. The lowest BCUT2D eigenvalue weighted by Gasteiger charge is -2.26. The van der Waals surface area contributed by atoms with Crippen LogP contribution in [0.1, 0.15) is 60.8 Å².